The van der Waals surface area contributed by atoms with Crippen LogP contribution in [0.2, 0.25) is 0 Å². The van der Waals surface area contributed by atoms with Gasteiger partial charge in [0.2, 0.25) is 0 Å². The molecule has 0 saturated heterocycles. The molecule has 0 heterocycles. The summed E-state index contributed by atoms with van der Waals surface area (Å²) in [5.74, 6) is -5.98. The highest BCUT2D eigenvalue weighted by Gasteiger charge is 2.30. The highest BCUT2D eigenvalue weighted by atomic mass is 16.5. The molecule has 0 fully saturated rings. The largest absolute Gasteiger partial charge is 0.480 e. The molecule has 0 spiro atoms. The van der Waals surface area contributed by atoms with E-state index in [9.17, 15) is 39.0 Å². The fraction of sp³-hybridized carbons (Fsp3) is 0.538. The third-order valence-electron chi connectivity index (χ3n) is 8.32. The van der Waals surface area contributed by atoms with E-state index in [1.165, 1.54) is 9.80 Å². The van der Waals surface area contributed by atoms with Gasteiger partial charge in [0.1, 0.15) is 25.9 Å². The van der Waals surface area contributed by atoms with Crippen molar-refractivity contribution < 1.29 is 53.2 Å². The van der Waals surface area contributed by atoms with Crippen LogP contribution in [0.4, 0.5) is 0 Å². The molecule has 0 saturated carbocycles. The third-order valence-corrected chi connectivity index (χ3v) is 8.32. The van der Waals surface area contributed by atoms with E-state index >= 15 is 0 Å². The summed E-state index contributed by atoms with van der Waals surface area (Å²) in [6.07, 6.45) is 2.48. The van der Waals surface area contributed by atoms with Gasteiger partial charge in [-0.05, 0) is 29.4 Å². The summed E-state index contributed by atoms with van der Waals surface area (Å²) in [6, 6.07) is 18.0. The lowest BCUT2D eigenvalue weighted by atomic mass is 9.88. The maximum absolute atomic E-state index is 13.8. The van der Waals surface area contributed by atoms with Crippen molar-refractivity contribution in [2.45, 2.75) is 59.7 Å². The Morgan fingerprint density at radius 2 is 1.07 bits per heavy atom. The highest BCUT2D eigenvalue weighted by molar-refractivity contribution is 6.00. The Hall–Kier alpha value is -4.70. The van der Waals surface area contributed by atoms with Crippen LogP contribution in [0.15, 0.2) is 60.7 Å². The molecule has 4 N–H and O–H groups in total. The first-order chi connectivity index (χ1) is 25.6. The molecule has 1 unspecified atom stereocenters. The number of carbonyl (C=O) groups excluding carboxylic acids is 4. The molecule has 54 heavy (non-hydrogen) atoms. The summed E-state index contributed by atoms with van der Waals surface area (Å²) in [4.78, 5) is 79.9. The Bertz CT molecular complexity index is 1390. The van der Waals surface area contributed by atoms with Gasteiger partial charge in [0.15, 0.2) is 5.78 Å². The zero-order chi connectivity index (χ0) is 39.9. The molecule has 15 nitrogen and oxygen atoms in total. The van der Waals surface area contributed by atoms with Crippen LogP contribution in [-0.4, -0.2) is 126 Å². The van der Waals surface area contributed by atoms with E-state index in [4.69, 9.17) is 19.9 Å². The van der Waals surface area contributed by atoms with E-state index in [0.717, 1.165) is 24.0 Å². The van der Waals surface area contributed by atoms with Gasteiger partial charge in [-0.15, -0.1) is 0 Å². The number of carboxylic acids is 2. The standard InChI is InChI=1S/C39H56N4O11/c1-39(2,3)17-11-10-16-32(38(51)54-29-40)33(44)22-41(18-20-42(23-34(45)46)25-36(49)52-27-30-12-6-4-7-13-30)19-21-43(24-35(47)48)26-37(50)53-28-31-14-8-5-9-15-31/h4-9,12-15,32H,10-11,16-29,40H2,1-3H3,(H,45,46)(H,47,48). The first-order valence-corrected chi connectivity index (χ1v) is 18.0. The lowest BCUT2D eigenvalue weighted by molar-refractivity contribution is -0.153. The molecule has 0 radical (unpaired) electrons. The SMILES string of the molecule is CC(C)(C)CCCCC(C(=O)CN(CCN(CC(=O)O)CC(=O)OCc1ccccc1)CCN(CC(=O)O)CC(=O)OCc1ccccc1)C(=O)OCN. The number of rotatable bonds is 27. The molecule has 15 heteroatoms. The molecule has 0 aromatic heterocycles. The second kappa shape index (κ2) is 24.6. The van der Waals surface area contributed by atoms with Gasteiger partial charge in [-0.2, -0.15) is 0 Å². The quantitative estimate of drug-likeness (QED) is 0.0394. The van der Waals surface area contributed by atoms with Crippen LogP contribution in [0, 0.1) is 11.3 Å². The van der Waals surface area contributed by atoms with Gasteiger partial charge < -0.3 is 24.4 Å². The smallest absolute Gasteiger partial charge is 0.320 e. The van der Waals surface area contributed by atoms with E-state index < -0.39 is 61.4 Å². The van der Waals surface area contributed by atoms with Crippen molar-refractivity contribution in [2.24, 2.45) is 17.1 Å². The monoisotopic (exact) mass is 756 g/mol. The van der Waals surface area contributed by atoms with Gasteiger partial charge in [0.25, 0.3) is 0 Å². The number of hydrogen-bond donors (Lipinski definition) is 3. The number of nitrogens with two attached hydrogens (primary N) is 1. The maximum atomic E-state index is 13.8. The number of ether oxygens (including phenoxy) is 3. The summed E-state index contributed by atoms with van der Waals surface area (Å²) >= 11 is 0. The minimum atomic E-state index is -1.19. The number of carbonyl (C=O) groups is 6. The first-order valence-electron chi connectivity index (χ1n) is 18.0. The van der Waals surface area contributed by atoms with Crippen molar-refractivity contribution in [3.63, 3.8) is 0 Å². The molecule has 2 rings (SSSR count). The van der Waals surface area contributed by atoms with Crippen LogP contribution in [0.5, 0.6) is 0 Å². The fourth-order valence-electron chi connectivity index (χ4n) is 5.51. The summed E-state index contributed by atoms with van der Waals surface area (Å²) in [7, 11) is 0. The van der Waals surface area contributed by atoms with Crippen molar-refractivity contribution in [1.82, 2.24) is 14.7 Å². The molecule has 0 aliphatic heterocycles. The Morgan fingerprint density at radius 1 is 0.630 bits per heavy atom. The van der Waals surface area contributed by atoms with Gasteiger partial charge in [-0.3, -0.25) is 49.2 Å². The summed E-state index contributed by atoms with van der Waals surface area (Å²) in [5, 5.41) is 19.2. The van der Waals surface area contributed by atoms with Crippen molar-refractivity contribution in [1.29, 1.82) is 0 Å². The number of esters is 3. The predicted octanol–water partition coefficient (Wildman–Crippen LogP) is 2.80. The number of ketones is 1. The molecular formula is C39H56N4O11. The van der Waals surface area contributed by atoms with Crippen molar-refractivity contribution >= 4 is 35.6 Å². The first kappa shape index (κ1) is 45.5. The minimum Gasteiger partial charge on any atom is -0.480 e. The number of Topliss-reactive ketones (excluding diaryl/α,β-unsaturated/α-hetero) is 1. The van der Waals surface area contributed by atoms with Gasteiger partial charge in [0.05, 0.1) is 32.7 Å². The molecular weight excluding hydrogens is 700 g/mol. The average Bonchev–Trinajstić information content (AvgIpc) is 3.10. The van der Waals surface area contributed by atoms with E-state index in [0.29, 0.717) is 6.42 Å². The van der Waals surface area contributed by atoms with Gasteiger partial charge >= 0.3 is 29.8 Å². The zero-order valence-electron chi connectivity index (χ0n) is 31.7. The number of aliphatic carboxylic acids is 2. The van der Waals surface area contributed by atoms with Gasteiger partial charge in [-0.25, -0.2) is 0 Å². The molecule has 0 bridgehead atoms. The Balaban J connectivity index is 2.21. The van der Waals surface area contributed by atoms with Crippen LogP contribution in [0.1, 0.15) is 57.6 Å². The van der Waals surface area contributed by atoms with Crippen LogP contribution in [0.3, 0.4) is 0 Å². The van der Waals surface area contributed by atoms with E-state index in [-0.39, 0.29) is 70.9 Å². The topological polar surface area (TPSA) is 206 Å². The van der Waals surface area contributed by atoms with Crippen LogP contribution in [-0.2, 0) is 56.2 Å². The number of hydrogen-bond acceptors (Lipinski definition) is 13. The summed E-state index contributed by atoms with van der Waals surface area (Å²) < 4.78 is 15.7. The molecule has 0 aliphatic rings. The van der Waals surface area contributed by atoms with E-state index in [1.807, 2.05) is 12.1 Å². The maximum Gasteiger partial charge on any atom is 0.320 e. The van der Waals surface area contributed by atoms with Crippen molar-refractivity contribution in [3.8, 4) is 0 Å². The average molecular weight is 757 g/mol. The van der Waals surface area contributed by atoms with Crippen LogP contribution in [0.25, 0.3) is 0 Å². The fourth-order valence-corrected chi connectivity index (χ4v) is 5.51. The van der Waals surface area contributed by atoms with Crippen molar-refractivity contribution in [2.75, 3.05) is 65.6 Å². The van der Waals surface area contributed by atoms with Crippen LogP contribution < -0.4 is 5.73 Å². The molecule has 2 aromatic rings. The molecule has 0 aliphatic carbocycles. The van der Waals surface area contributed by atoms with Crippen molar-refractivity contribution in [3.05, 3.63) is 71.8 Å². The molecule has 2 aromatic carbocycles. The molecule has 298 valence electrons. The lowest BCUT2D eigenvalue weighted by Gasteiger charge is -2.29. The number of unbranched alkanes of at least 4 members (excludes halogenated alkanes) is 1. The summed E-state index contributed by atoms with van der Waals surface area (Å²) in [5.41, 5.74) is 7.05. The number of nitrogens with zero attached hydrogens (tertiary/aromatic N) is 3. The molecule has 1 atom stereocenters. The molecule has 0 amide bonds. The predicted molar refractivity (Wildman–Crippen MR) is 199 cm³/mol. The van der Waals surface area contributed by atoms with E-state index in [2.05, 4.69) is 20.8 Å². The zero-order valence-corrected chi connectivity index (χ0v) is 31.7. The van der Waals surface area contributed by atoms with Crippen LogP contribution >= 0.6 is 0 Å². The van der Waals surface area contributed by atoms with E-state index in [1.54, 1.807) is 53.4 Å². The second-order valence-electron chi connectivity index (χ2n) is 14.2. The Morgan fingerprint density at radius 3 is 1.48 bits per heavy atom. The number of benzene rings is 2. The minimum absolute atomic E-state index is 0.00155. The number of carboxylic acid groups (broad SMARTS) is 2. The highest BCUT2D eigenvalue weighted by Crippen LogP contribution is 2.24. The Kier molecular flexibility index (Phi) is 20.7. The normalized spacial score (nSPS) is 12.1. The lowest BCUT2D eigenvalue weighted by Crippen LogP contribution is -2.47. The summed E-state index contributed by atoms with van der Waals surface area (Å²) in [6.45, 7) is 4.04. The third kappa shape index (κ3) is 20.5. The van der Waals surface area contributed by atoms with Gasteiger partial charge in [-0.1, -0.05) is 94.3 Å². The second-order valence-corrected chi connectivity index (χ2v) is 14.2. The Labute approximate surface area is 317 Å². The van der Waals surface area contributed by atoms with Gasteiger partial charge in [0, 0.05) is 26.2 Å².